The highest BCUT2D eigenvalue weighted by Crippen LogP contribution is 2.30. The van der Waals surface area contributed by atoms with Crippen LogP contribution in [-0.2, 0) is 17.9 Å². The summed E-state index contributed by atoms with van der Waals surface area (Å²) in [4.78, 5) is 17.2. The Bertz CT molecular complexity index is 1190. The molecule has 0 spiro atoms. The summed E-state index contributed by atoms with van der Waals surface area (Å²) in [7, 11) is 0. The predicted octanol–water partition coefficient (Wildman–Crippen LogP) is 3.81. The molecule has 1 N–H and O–H groups in total. The fourth-order valence-electron chi connectivity index (χ4n) is 3.65. The molecule has 1 aromatic carbocycles. The molecule has 7 nitrogen and oxygen atoms in total. The minimum Gasteiger partial charge on any atom is -0.346 e. The van der Waals surface area contributed by atoms with Gasteiger partial charge in [0.25, 0.3) is 0 Å². The molecule has 154 valence electrons. The normalized spacial score (nSPS) is 12.3. The van der Waals surface area contributed by atoms with Crippen molar-refractivity contribution in [3.8, 4) is 11.1 Å². The van der Waals surface area contributed by atoms with Gasteiger partial charge >= 0.3 is 0 Å². The summed E-state index contributed by atoms with van der Waals surface area (Å²) in [5, 5.41) is 13.0. The summed E-state index contributed by atoms with van der Waals surface area (Å²) in [5.74, 6) is -0.125. The third kappa shape index (κ3) is 3.83. The molecule has 4 aromatic rings. The second-order valence-corrected chi connectivity index (χ2v) is 7.55. The molecule has 7 heteroatoms. The fraction of sp³-hybridized carbons (Fsp3) is 0.304. The van der Waals surface area contributed by atoms with E-state index in [-0.39, 0.29) is 18.5 Å². The van der Waals surface area contributed by atoms with Gasteiger partial charge in [-0.3, -0.25) is 9.48 Å². The Hall–Kier alpha value is -3.48. The first kappa shape index (κ1) is 19.8. The van der Waals surface area contributed by atoms with E-state index in [9.17, 15) is 4.79 Å². The van der Waals surface area contributed by atoms with Crippen molar-refractivity contribution < 1.29 is 4.79 Å². The summed E-state index contributed by atoms with van der Waals surface area (Å²) in [6.07, 6.45) is 3.69. The first-order valence-electron chi connectivity index (χ1n) is 10.2. The number of benzene rings is 1. The van der Waals surface area contributed by atoms with E-state index >= 15 is 0 Å². The van der Waals surface area contributed by atoms with Crippen LogP contribution in [0.1, 0.15) is 36.8 Å². The van der Waals surface area contributed by atoms with Gasteiger partial charge in [-0.05, 0) is 51.0 Å². The second-order valence-electron chi connectivity index (χ2n) is 7.55. The number of carbonyl (C=O) groups excluding carboxylic acids is 1. The number of hydrogen-bond donors (Lipinski definition) is 1. The Morgan fingerprint density at radius 1 is 1.10 bits per heavy atom. The zero-order valence-corrected chi connectivity index (χ0v) is 17.8. The van der Waals surface area contributed by atoms with Crippen molar-refractivity contribution in [1.29, 1.82) is 0 Å². The maximum absolute atomic E-state index is 12.7. The zero-order chi connectivity index (χ0) is 21.3. The number of rotatable bonds is 6. The van der Waals surface area contributed by atoms with E-state index in [4.69, 9.17) is 0 Å². The highest BCUT2D eigenvalue weighted by atomic mass is 16.2. The molecule has 0 saturated heterocycles. The first-order chi connectivity index (χ1) is 14.5. The average Bonchev–Trinajstić information content (AvgIpc) is 3.34. The SMILES string of the molecule is CCn1ccc(C(C)NC(=O)Cn2nc(C)c3c(-c4ccc(C)cc4)ccnc32)n1. The summed E-state index contributed by atoms with van der Waals surface area (Å²) in [5.41, 5.74) is 5.81. The molecule has 3 aromatic heterocycles. The van der Waals surface area contributed by atoms with Crippen LogP contribution in [0.15, 0.2) is 48.8 Å². The number of fused-ring (bicyclic) bond motifs is 1. The molecule has 3 heterocycles. The number of pyridine rings is 1. The van der Waals surface area contributed by atoms with E-state index in [1.54, 1.807) is 10.9 Å². The van der Waals surface area contributed by atoms with Gasteiger partial charge in [0, 0.05) is 24.3 Å². The molecule has 0 aliphatic rings. The molecule has 30 heavy (non-hydrogen) atoms. The van der Waals surface area contributed by atoms with Crippen LogP contribution in [0.4, 0.5) is 0 Å². The van der Waals surface area contributed by atoms with E-state index in [0.717, 1.165) is 34.4 Å². The Morgan fingerprint density at radius 3 is 2.57 bits per heavy atom. The van der Waals surface area contributed by atoms with Crippen molar-refractivity contribution in [3.63, 3.8) is 0 Å². The number of hydrogen-bond acceptors (Lipinski definition) is 4. The Morgan fingerprint density at radius 2 is 1.87 bits per heavy atom. The highest BCUT2D eigenvalue weighted by molar-refractivity contribution is 5.95. The van der Waals surface area contributed by atoms with E-state index in [1.165, 1.54) is 5.56 Å². The summed E-state index contributed by atoms with van der Waals surface area (Å²) >= 11 is 0. The third-order valence-corrected chi connectivity index (χ3v) is 5.27. The quantitative estimate of drug-likeness (QED) is 0.532. The molecule has 4 rings (SSSR count). The Kier molecular flexibility index (Phi) is 5.35. The van der Waals surface area contributed by atoms with E-state index in [2.05, 4.69) is 51.7 Å². The molecule has 0 radical (unpaired) electrons. The van der Waals surface area contributed by atoms with Crippen LogP contribution in [-0.4, -0.2) is 30.5 Å². The summed E-state index contributed by atoms with van der Waals surface area (Å²) in [6, 6.07) is 12.1. The maximum atomic E-state index is 12.7. The molecular formula is C23H26N6O. The monoisotopic (exact) mass is 402 g/mol. The van der Waals surface area contributed by atoms with Gasteiger partial charge in [0.15, 0.2) is 5.65 Å². The molecule has 1 unspecified atom stereocenters. The van der Waals surface area contributed by atoms with E-state index in [1.807, 2.05) is 43.8 Å². The zero-order valence-electron chi connectivity index (χ0n) is 17.8. The molecular weight excluding hydrogens is 376 g/mol. The van der Waals surface area contributed by atoms with Crippen molar-refractivity contribution in [2.45, 2.75) is 46.8 Å². The standard InChI is InChI=1S/C23H26N6O/c1-5-28-13-11-20(27-28)16(3)25-21(30)14-29-23-22(17(4)26-29)19(10-12-24-23)18-8-6-15(2)7-9-18/h6-13,16H,5,14H2,1-4H3,(H,25,30). The number of aromatic nitrogens is 5. The number of aryl methyl sites for hydroxylation is 3. The van der Waals surface area contributed by atoms with Crippen LogP contribution in [0.3, 0.4) is 0 Å². The van der Waals surface area contributed by atoms with Crippen LogP contribution in [0.2, 0.25) is 0 Å². The maximum Gasteiger partial charge on any atom is 0.242 e. The van der Waals surface area contributed by atoms with Crippen LogP contribution < -0.4 is 5.32 Å². The fourth-order valence-corrected chi connectivity index (χ4v) is 3.65. The first-order valence-corrected chi connectivity index (χ1v) is 10.2. The molecule has 0 aliphatic carbocycles. The number of nitrogens with zero attached hydrogens (tertiary/aromatic N) is 5. The van der Waals surface area contributed by atoms with Crippen molar-refractivity contribution in [1.82, 2.24) is 29.9 Å². The van der Waals surface area contributed by atoms with Gasteiger partial charge in [-0.1, -0.05) is 29.8 Å². The third-order valence-electron chi connectivity index (χ3n) is 5.27. The predicted molar refractivity (Wildman–Crippen MR) is 117 cm³/mol. The van der Waals surface area contributed by atoms with Crippen molar-refractivity contribution in [3.05, 3.63) is 65.7 Å². The van der Waals surface area contributed by atoms with Gasteiger partial charge in [0.2, 0.25) is 5.91 Å². The number of nitrogens with one attached hydrogen (secondary N) is 1. The second kappa shape index (κ2) is 8.10. The lowest BCUT2D eigenvalue weighted by Gasteiger charge is -2.12. The van der Waals surface area contributed by atoms with Gasteiger partial charge in [-0.25, -0.2) is 9.67 Å². The summed E-state index contributed by atoms with van der Waals surface area (Å²) in [6.45, 7) is 8.89. The van der Waals surface area contributed by atoms with Crippen molar-refractivity contribution >= 4 is 16.9 Å². The van der Waals surface area contributed by atoms with Crippen LogP contribution in [0.25, 0.3) is 22.2 Å². The topological polar surface area (TPSA) is 77.6 Å². The largest absolute Gasteiger partial charge is 0.346 e. The van der Waals surface area contributed by atoms with Gasteiger partial charge in [-0.15, -0.1) is 0 Å². The molecule has 0 aliphatic heterocycles. The van der Waals surface area contributed by atoms with Crippen molar-refractivity contribution in [2.24, 2.45) is 0 Å². The lowest BCUT2D eigenvalue weighted by Crippen LogP contribution is -2.30. The molecule has 0 bridgehead atoms. The van der Waals surface area contributed by atoms with Crippen LogP contribution in [0.5, 0.6) is 0 Å². The van der Waals surface area contributed by atoms with E-state index < -0.39 is 0 Å². The van der Waals surface area contributed by atoms with Crippen molar-refractivity contribution in [2.75, 3.05) is 0 Å². The average molecular weight is 403 g/mol. The molecule has 0 fully saturated rings. The summed E-state index contributed by atoms with van der Waals surface area (Å²) < 4.78 is 3.52. The van der Waals surface area contributed by atoms with Gasteiger partial charge in [-0.2, -0.15) is 10.2 Å². The van der Waals surface area contributed by atoms with Crippen LogP contribution >= 0.6 is 0 Å². The van der Waals surface area contributed by atoms with Gasteiger partial charge < -0.3 is 5.32 Å². The Balaban J connectivity index is 1.58. The molecule has 1 atom stereocenters. The lowest BCUT2D eigenvalue weighted by molar-refractivity contribution is -0.122. The van der Waals surface area contributed by atoms with E-state index in [0.29, 0.717) is 5.65 Å². The van der Waals surface area contributed by atoms with Gasteiger partial charge in [0.1, 0.15) is 6.54 Å². The molecule has 1 amide bonds. The molecule has 0 saturated carbocycles. The Labute approximate surface area is 175 Å². The number of carbonyl (C=O) groups is 1. The number of amides is 1. The highest BCUT2D eigenvalue weighted by Gasteiger charge is 2.18. The van der Waals surface area contributed by atoms with Crippen LogP contribution in [0, 0.1) is 13.8 Å². The minimum absolute atomic E-state index is 0.105. The lowest BCUT2D eigenvalue weighted by atomic mass is 10.0. The van der Waals surface area contributed by atoms with Gasteiger partial charge in [0.05, 0.1) is 17.4 Å². The minimum atomic E-state index is -0.177. The smallest absolute Gasteiger partial charge is 0.242 e.